The van der Waals surface area contributed by atoms with Crippen LogP contribution in [0.5, 0.6) is 0 Å². The predicted octanol–water partition coefficient (Wildman–Crippen LogP) is 3.74. The highest BCUT2D eigenvalue weighted by molar-refractivity contribution is 7.89. The van der Waals surface area contributed by atoms with E-state index in [-0.39, 0.29) is 22.8 Å². The Kier molecular flexibility index (Phi) is 7.59. The van der Waals surface area contributed by atoms with Crippen LogP contribution in [0.3, 0.4) is 0 Å². The van der Waals surface area contributed by atoms with Crippen molar-refractivity contribution in [3.8, 4) is 0 Å². The van der Waals surface area contributed by atoms with Gasteiger partial charge in [-0.1, -0.05) is 25.5 Å². The number of carbonyl (C=O) groups is 2. The van der Waals surface area contributed by atoms with Gasteiger partial charge in [0.15, 0.2) is 0 Å². The average Bonchev–Trinajstić information content (AvgIpc) is 3.56. The van der Waals surface area contributed by atoms with Crippen LogP contribution in [0.1, 0.15) is 48.5 Å². The van der Waals surface area contributed by atoms with Crippen LogP contribution < -0.4 is 10.0 Å². The zero-order valence-electron chi connectivity index (χ0n) is 17.3. The molecule has 7 nitrogen and oxygen atoms in total. The molecule has 0 saturated heterocycles. The Morgan fingerprint density at radius 3 is 2.35 bits per heavy atom. The number of anilines is 1. The number of hydrogen-bond acceptors (Lipinski definition) is 5. The first-order valence-corrected chi connectivity index (χ1v) is 11.7. The summed E-state index contributed by atoms with van der Waals surface area (Å²) in [6.07, 6.45) is 6.48. The van der Waals surface area contributed by atoms with Crippen LogP contribution in [0.2, 0.25) is 0 Å². The Balaban J connectivity index is 1.52. The fraction of sp³-hybridized carbons (Fsp3) is 0.304. The molecule has 2 aromatic carbocycles. The van der Waals surface area contributed by atoms with E-state index in [0.29, 0.717) is 23.4 Å². The molecule has 1 fully saturated rings. The van der Waals surface area contributed by atoms with Gasteiger partial charge in [0.05, 0.1) is 17.1 Å². The van der Waals surface area contributed by atoms with E-state index >= 15 is 0 Å². The predicted molar refractivity (Wildman–Crippen MR) is 119 cm³/mol. The number of benzene rings is 2. The topological polar surface area (TPSA) is 102 Å². The molecule has 2 N–H and O–H groups in total. The molecule has 0 heterocycles. The molecule has 31 heavy (non-hydrogen) atoms. The van der Waals surface area contributed by atoms with Crippen molar-refractivity contribution in [2.24, 2.45) is 0 Å². The molecular weight excluding hydrogens is 416 g/mol. The van der Waals surface area contributed by atoms with Crippen LogP contribution >= 0.6 is 0 Å². The SMILES string of the molecule is CCCCOC(=O)c1ccc(NC(=O)/C=C/c2ccc(S(=O)(=O)NC3CC3)cc2)cc1. The van der Waals surface area contributed by atoms with E-state index in [2.05, 4.69) is 10.0 Å². The van der Waals surface area contributed by atoms with E-state index in [9.17, 15) is 18.0 Å². The zero-order valence-corrected chi connectivity index (χ0v) is 18.2. The molecule has 0 spiro atoms. The summed E-state index contributed by atoms with van der Waals surface area (Å²) in [5.74, 6) is -0.727. The minimum absolute atomic E-state index is 0.0500. The van der Waals surface area contributed by atoms with Gasteiger partial charge in [-0.2, -0.15) is 0 Å². The molecule has 1 saturated carbocycles. The van der Waals surface area contributed by atoms with Gasteiger partial charge in [0.2, 0.25) is 15.9 Å². The van der Waals surface area contributed by atoms with E-state index in [1.54, 1.807) is 42.5 Å². The van der Waals surface area contributed by atoms with Crippen LogP contribution in [0.15, 0.2) is 59.5 Å². The summed E-state index contributed by atoms with van der Waals surface area (Å²) in [6.45, 7) is 2.41. The van der Waals surface area contributed by atoms with Crippen molar-refractivity contribution in [2.45, 2.75) is 43.5 Å². The molecule has 1 aliphatic rings. The van der Waals surface area contributed by atoms with Crippen molar-refractivity contribution in [1.29, 1.82) is 0 Å². The number of esters is 1. The Morgan fingerprint density at radius 2 is 1.74 bits per heavy atom. The molecule has 0 radical (unpaired) electrons. The van der Waals surface area contributed by atoms with Crippen molar-refractivity contribution in [3.63, 3.8) is 0 Å². The molecule has 0 unspecified atom stereocenters. The second kappa shape index (κ2) is 10.4. The summed E-state index contributed by atoms with van der Waals surface area (Å²) in [4.78, 5) is 24.2. The van der Waals surface area contributed by atoms with E-state index in [0.717, 1.165) is 25.7 Å². The number of carbonyl (C=O) groups excluding carboxylic acids is 2. The van der Waals surface area contributed by atoms with Gasteiger partial charge in [0, 0.05) is 17.8 Å². The average molecular weight is 443 g/mol. The third-order valence-corrected chi connectivity index (χ3v) is 6.17. The van der Waals surface area contributed by atoms with Gasteiger partial charge >= 0.3 is 5.97 Å². The molecule has 0 bridgehead atoms. The molecule has 1 amide bonds. The lowest BCUT2D eigenvalue weighted by Gasteiger charge is -2.06. The van der Waals surface area contributed by atoms with E-state index < -0.39 is 10.0 Å². The normalized spacial score (nSPS) is 13.8. The molecule has 0 aliphatic heterocycles. The summed E-state index contributed by atoms with van der Waals surface area (Å²) in [7, 11) is -3.49. The Labute approximate surface area is 182 Å². The molecule has 2 aromatic rings. The van der Waals surface area contributed by atoms with Gasteiger partial charge in [-0.25, -0.2) is 17.9 Å². The third-order valence-electron chi connectivity index (χ3n) is 4.64. The van der Waals surface area contributed by atoms with Gasteiger partial charge in [-0.3, -0.25) is 4.79 Å². The lowest BCUT2D eigenvalue weighted by molar-refractivity contribution is -0.111. The summed E-state index contributed by atoms with van der Waals surface area (Å²) >= 11 is 0. The van der Waals surface area contributed by atoms with Crippen molar-refractivity contribution in [1.82, 2.24) is 4.72 Å². The fourth-order valence-corrected chi connectivity index (χ4v) is 3.99. The standard InChI is InChI=1S/C23H26N2O5S/c1-2-3-16-30-23(27)18-7-9-19(10-8-18)24-22(26)15-6-17-4-13-21(14-5-17)31(28,29)25-20-11-12-20/h4-10,13-15,20,25H,2-3,11-12,16H2,1H3,(H,24,26)/b15-6+. The smallest absolute Gasteiger partial charge is 0.338 e. The monoisotopic (exact) mass is 442 g/mol. The Morgan fingerprint density at radius 1 is 1.06 bits per heavy atom. The summed E-state index contributed by atoms with van der Waals surface area (Å²) in [5.41, 5.74) is 1.67. The minimum Gasteiger partial charge on any atom is -0.462 e. The maximum Gasteiger partial charge on any atom is 0.338 e. The summed E-state index contributed by atoms with van der Waals surface area (Å²) in [6, 6.07) is 12.8. The second-order valence-corrected chi connectivity index (χ2v) is 9.07. The minimum atomic E-state index is -3.49. The van der Waals surface area contributed by atoms with Crippen molar-refractivity contribution >= 4 is 33.7 Å². The fourth-order valence-electron chi connectivity index (χ4n) is 2.68. The largest absolute Gasteiger partial charge is 0.462 e. The first-order valence-electron chi connectivity index (χ1n) is 10.3. The summed E-state index contributed by atoms with van der Waals surface area (Å²) in [5, 5.41) is 2.71. The number of ether oxygens (including phenoxy) is 1. The molecule has 0 atom stereocenters. The lowest BCUT2D eigenvalue weighted by atomic mass is 10.2. The molecule has 0 aromatic heterocycles. The number of rotatable bonds is 10. The number of amides is 1. The number of unbranched alkanes of at least 4 members (excludes halogenated alkanes) is 1. The van der Waals surface area contributed by atoms with Crippen LogP contribution in [0.4, 0.5) is 5.69 Å². The maximum absolute atomic E-state index is 12.2. The molecule has 3 rings (SSSR count). The van der Waals surface area contributed by atoms with Crippen molar-refractivity contribution in [2.75, 3.05) is 11.9 Å². The second-order valence-electron chi connectivity index (χ2n) is 7.35. The van der Waals surface area contributed by atoms with Gasteiger partial charge in [0.25, 0.3) is 0 Å². The summed E-state index contributed by atoms with van der Waals surface area (Å²) < 4.78 is 32.1. The molecule has 1 aliphatic carbocycles. The van der Waals surface area contributed by atoms with Crippen LogP contribution in [-0.2, 0) is 19.6 Å². The Bertz CT molecular complexity index is 1040. The first kappa shape index (κ1) is 22.7. The highest BCUT2D eigenvalue weighted by Gasteiger charge is 2.27. The highest BCUT2D eigenvalue weighted by atomic mass is 32.2. The quantitative estimate of drug-likeness (QED) is 0.332. The van der Waals surface area contributed by atoms with Gasteiger partial charge in [-0.05, 0) is 67.3 Å². The van der Waals surface area contributed by atoms with Crippen LogP contribution in [0, 0.1) is 0 Å². The number of hydrogen-bond donors (Lipinski definition) is 2. The van der Waals surface area contributed by atoms with Gasteiger partial charge in [-0.15, -0.1) is 0 Å². The maximum atomic E-state index is 12.2. The van der Waals surface area contributed by atoms with Crippen molar-refractivity contribution < 1.29 is 22.7 Å². The third kappa shape index (κ3) is 7.04. The zero-order chi connectivity index (χ0) is 22.3. The highest BCUT2D eigenvalue weighted by Crippen LogP contribution is 2.22. The number of nitrogens with one attached hydrogen (secondary N) is 2. The van der Waals surface area contributed by atoms with Gasteiger partial charge < -0.3 is 10.1 Å². The first-order chi connectivity index (χ1) is 14.9. The van der Waals surface area contributed by atoms with E-state index in [1.807, 2.05) is 6.92 Å². The van der Waals surface area contributed by atoms with Gasteiger partial charge in [0.1, 0.15) is 0 Å². The van der Waals surface area contributed by atoms with E-state index in [4.69, 9.17) is 4.74 Å². The molecule has 164 valence electrons. The Hall–Kier alpha value is -2.97. The lowest BCUT2D eigenvalue weighted by Crippen LogP contribution is -2.25. The molecule has 8 heteroatoms. The van der Waals surface area contributed by atoms with Crippen molar-refractivity contribution in [3.05, 3.63) is 65.7 Å². The van der Waals surface area contributed by atoms with Crippen LogP contribution in [-0.4, -0.2) is 32.9 Å². The molecular formula is C23H26N2O5S. The van der Waals surface area contributed by atoms with E-state index in [1.165, 1.54) is 18.2 Å². The van der Waals surface area contributed by atoms with Crippen LogP contribution in [0.25, 0.3) is 6.08 Å². The number of sulfonamides is 1.